The largest absolute Gasteiger partial charge is 0.396 e. The van der Waals surface area contributed by atoms with Crippen molar-refractivity contribution in [3.63, 3.8) is 0 Å². The molecular formula is C13H23N3O3S. The van der Waals surface area contributed by atoms with E-state index in [2.05, 4.69) is 23.7 Å². The SMILES string of the molecule is CC1(C)CCC(NS(=O)(=O)c2cnn(CCCO)c2)C1. The van der Waals surface area contributed by atoms with Gasteiger partial charge in [-0.25, -0.2) is 13.1 Å². The molecule has 1 saturated carbocycles. The van der Waals surface area contributed by atoms with Gasteiger partial charge in [-0.05, 0) is 31.1 Å². The molecule has 7 heteroatoms. The van der Waals surface area contributed by atoms with Gasteiger partial charge in [0.2, 0.25) is 10.0 Å². The predicted molar refractivity (Wildman–Crippen MR) is 75.7 cm³/mol. The van der Waals surface area contributed by atoms with Gasteiger partial charge in [0.25, 0.3) is 0 Å². The van der Waals surface area contributed by atoms with E-state index in [1.54, 1.807) is 4.68 Å². The second-order valence-corrected chi connectivity index (χ2v) is 7.96. The van der Waals surface area contributed by atoms with Gasteiger partial charge in [-0.15, -0.1) is 0 Å². The van der Waals surface area contributed by atoms with Crippen molar-refractivity contribution in [1.82, 2.24) is 14.5 Å². The molecule has 1 aliphatic carbocycles. The number of aliphatic hydroxyl groups is 1. The van der Waals surface area contributed by atoms with Crippen LogP contribution in [0.5, 0.6) is 0 Å². The minimum atomic E-state index is -3.49. The maximum atomic E-state index is 12.3. The average Bonchev–Trinajstić information content (AvgIpc) is 2.93. The summed E-state index contributed by atoms with van der Waals surface area (Å²) in [5, 5.41) is 12.8. The van der Waals surface area contributed by atoms with Gasteiger partial charge < -0.3 is 5.11 Å². The molecule has 0 saturated heterocycles. The van der Waals surface area contributed by atoms with Gasteiger partial charge in [0.1, 0.15) is 4.90 Å². The van der Waals surface area contributed by atoms with Crippen LogP contribution >= 0.6 is 0 Å². The lowest BCUT2D eigenvalue weighted by Gasteiger charge is -2.17. The topological polar surface area (TPSA) is 84.2 Å². The van der Waals surface area contributed by atoms with Crippen molar-refractivity contribution in [2.45, 2.75) is 57.0 Å². The molecule has 0 amide bonds. The van der Waals surface area contributed by atoms with Crippen molar-refractivity contribution in [3.8, 4) is 0 Å². The van der Waals surface area contributed by atoms with Gasteiger partial charge in [-0.2, -0.15) is 5.10 Å². The van der Waals surface area contributed by atoms with Crippen molar-refractivity contribution >= 4 is 10.0 Å². The zero-order chi connectivity index (χ0) is 14.8. The highest BCUT2D eigenvalue weighted by molar-refractivity contribution is 7.89. The van der Waals surface area contributed by atoms with Crippen LogP contribution < -0.4 is 4.72 Å². The third-order valence-corrected chi connectivity index (χ3v) is 5.23. The molecule has 0 aliphatic heterocycles. The summed E-state index contributed by atoms with van der Waals surface area (Å²) in [6, 6.07) is 0.00999. The number of sulfonamides is 1. The Bertz CT molecular complexity index is 551. The Morgan fingerprint density at radius 2 is 2.30 bits per heavy atom. The van der Waals surface area contributed by atoms with E-state index in [0.29, 0.717) is 13.0 Å². The number of aliphatic hydroxyl groups excluding tert-OH is 1. The van der Waals surface area contributed by atoms with Gasteiger partial charge in [0.15, 0.2) is 0 Å². The number of aromatic nitrogens is 2. The number of hydrogen-bond donors (Lipinski definition) is 2. The predicted octanol–water partition coefficient (Wildman–Crippen LogP) is 1.12. The number of rotatable bonds is 6. The molecule has 1 aromatic rings. The second kappa shape index (κ2) is 5.83. The van der Waals surface area contributed by atoms with Crippen LogP contribution in [-0.2, 0) is 16.6 Å². The van der Waals surface area contributed by atoms with Crippen molar-refractivity contribution < 1.29 is 13.5 Å². The van der Waals surface area contributed by atoms with Gasteiger partial charge in [-0.1, -0.05) is 13.8 Å². The molecule has 0 spiro atoms. The summed E-state index contributed by atoms with van der Waals surface area (Å²) in [5.41, 5.74) is 0.207. The lowest BCUT2D eigenvalue weighted by molar-refractivity contribution is 0.277. The molecule has 0 radical (unpaired) electrons. The van der Waals surface area contributed by atoms with Gasteiger partial charge in [-0.3, -0.25) is 4.68 Å². The molecule has 0 bridgehead atoms. The zero-order valence-electron chi connectivity index (χ0n) is 12.0. The Morgan fingerprint density at radius 3 is 2.90 bits per heavy atom. The van der Waals surface area contributed by atoms with Crippen LogP contribution in [0.3, 0.4) is 0 Å². The van der Waals surface area contributed by atoms with Crippen LogP contribution in [0.4, 0.5) is 0 Å². The van der Waals surface area contributed by atoms with Gasteiger partial charge in [0, 0.05) is 25.4 Å². The highest BCUT2D eigenvalue weighted by atomic mass is 32.2. The number of hydrogen-bond acceptors (Lipinski definition) is 4. The average molecular weight is 301 g/mol. The molecule has 1 aromatic heterocycles. The summed E-state index contributed by atoms with van der Waals surface area (Å²) < 4.78 is 28.9. The van der Waals surface area contributed by atoms with Crippen LogP contribution in [0.15, 0.2) is 17.3 Å². The molecule has 1 heterocycles. The molecular weight excluding hydrogens is 278 g/mol. The molecule has 2 rings (SSSR count). The van der Waals surface area contributed by atoms with E-state index in [0.717, 1.165) is 19.3 Å². The molecule has 1 atom stereocenters. The highest BCUT2D eigenvalue weighted by Gasteiger charge is 2.33. The van der Waals surface area contributed by atoms with E-state index in [1.165, 1.54) is 12.4 Å². The summed E-state index contributed by atoms with van der Waals surface area (Å²) in [7, 11) is -3.49. The quantitative estimate of drug-likeness (QED) is 0.825. The maximum absolute atomic E-state index is 12.3. The molecule has 1 aliphatic rings. The van der Waals surface area contributed by atoms with Crippen LogP contribution in [0.25, 0.3) is 0 Å². The third-order valence-electron chi connectivity index (χ3n) is 3.76. The van der Waals surface area contributed by atoms with Crippen molar-refractivity contribution in [3.05, 3.63) is 12.4 Å². The fraction of sp³-hybridized carbons (Fsp3) is 0.769. The Kier molecular flexibility index (Phi) is 4.51. The van der Waals surface area contributed by atoms with Crippen molar-refractivity contribution in [2.24, 2.45) is 5.41 Å². The monoisotopic (exact) mass is 301 g/mol. The maximum Gasteiger partial charge on any atom is 0.243 e. The lowest BCUT2D eigenvalue weighted by atomic mass is 9.92. The Labute approximate surface area is 120 Å². The summed E-state index contributed by atoms with van der Waals surface area (Å²) in [6.45, 7) is 4.91. The molecule has 1 unspecified atom stereocenters. The van der Waals surface area contributed by atoms with Crippen LogP contribution in [-0.4, -0.2) is 36.0 Å². The Balaban J connectivity index is 2.01. The minimum absolute atomic E-state index is 0.00999. The van der Waals surface area contributed by atoms with Crippen LogP contribution in [0.1, 0.15) is 39.5 Å². The third kappa shape index (κ3) is 3.80. The number of nitrogens with zero attached hydrogens (tertiary/aromatic N) is 2. The minimum Gasteiger partial charge on any atom is -0.396 e. The molecule has 114 valence electrons. The molecule has 20 heavy (non-hydrogen) atoms. The summed E-state index contributed by atoms with van der Waals surface area (Å²) in [4.78, 5) is 0.195. The fourth-order valence-corrected chi connectivity index (χ4v) is 3.88. The summed E-state index contributed by atoms with van der Waals surface area (Å²) in [5.74, 6) is 0. The van der Waals surface area contributed by atoms with Crippen molar-refractivity contribution in [1.29, 1.82) is 0 Å². The zero-order valence-corrected chi connectivity index (χ0v) is 12.9. The first kappa shape index (κ1) is 15.5. The van der Waals surface area contributed by atoms with Crippen LogP contribution in [0.2, 0.25) is 0 Å². The molecule has 0 aromatic carbocycles. The van der Waals surface area contributed by atoms with Crippen molar-refractivity contribution in [2.75, 3.05) is 6.61 Å². The number of aryl methyl sites for hydroxylation is 1. The van der Waals surface area contributed by atoms with E-state index >= 15 is 0 Å². The molecule has 2 N–H and O–H groups in total. The lowest BCUT2D eigenvalue weighted by Crippen LogP contribution is -2.33. The summed E-state index contributed by atoms with van der Waals surface area (Å²) >= 11 is 0. The van der Waals surface area contributed by atoms with Gasteiger partial charge in [0.05, 0.1) is 6.20 Å². The van der Waals surface area contributed by atoms with E-state index in [-0.39, 0.29) is 23.0 Å². The fourth-order valence-electron chi connectivity index (χ4n) is 2.66. The first-order valence-corrected chi connectivity index (χ1v) is 8.46. The normalized spacial score (nSPS) is 22.2. The van der Waals surface area contributed by atoms with E-state index in [9.17, 15) is 8.42 Å². The number of nitrogens with one attached hydrogen (secondary N) is 1. The smallest absolute Gasteiger partial charge is 0.243 e. The molecule has 1 fully saturated rings. The standard InChI is InChI=1S/C13H23N3O3S/c1-13(2)5-4-11(8-13)15-20(18,19)12-9-14-16(10-12)6-3-7-17/h9-11,15,17H,3-8H2,1-2H3. The van der Waals surface area contributed by atoms with E-state index in [4.69, 9.17) is 5.11 Å². The van der Waals surface area contributed by atoms with E-state index in [1.807, 2.05) is 0 Å². The Hall–Kier alpha value is -0.920. The Morgan fingerprint density at radius 1 is 1.55 bits per heavy atom. The second-order valence-electron chi connectivity index (χ2n) is 6.24. The van der Waals surface area contributed by atoms with Gasteiger partial charge >= 0.3 is 0 Å². The highest BCUT2D eigenvalue weighted by Crippen LogP contribution is 2.37. The first-order chi connectivity index (χ1) is 9.32. The molecule has 6 nitrogen and oxygen atoms in total. The summed E-state index contributed by atoms with van der Waals surface area (Å²) in [6.07, 6.45) is 6.22. The first-order valence-electron chi connectivity index (χ1n) is 6.98. The van der Waals surface area contributed by atoms with Crippen LogP contribution in [0, 0.1) is 5.41 Å². The van der Waals surface area contributed by atoms with E-state index < -0.39 is 10.0 Å².